The molecule has 4 aromatic carbocycles. The van der Waals surface area contributed by atoms with E-state index >= 15 is 0 Å². The topological polar surface area (TPSA) is 54.7 Å². The molecule has 0 bridgehead atoms. The van der Waals surface area contributed by atoms with Gasteiger partial charge in [0.1, 0.15) is 24.4 Å². The second kappa shape index (κ2) is 10.9. The Morgan fingerprint density at radius 2 is 1.32 bits per heavy atom. The first-order valence-electron chi connectivity index (χ1n) is 11.9. The maximum Gasteiger partial charge on any atom is 0.162 e. The highest BCUT2D eigenvalue weighted by molar-refractivity contribution is 5.82. The Morgan fingerprint density at radius 1 is 0.649 bits per heavy atom. The van der Waals surface area contributed by atoms with E-state index in [1.807, 2.05) is 91.3 Å². The van der Waals surface area contributed by atoms with Gasteiger partial charge >= 0.3 is 0 Å². The van der Waals surface area contributed by atoms with Crippen molar-refractivity contribution in [2.45, 2.75) is 6.61 Å². The zero-order valence-corrected chi connectivity index (χ0v) is 21.0. The average Bonchev–Trinajstić information content (AvgIpc) is 3.42. The lowest BCUT2D eigenvalue weighted by molar-refractivity contribution is 0.284. The Morgan fingerprint density at radius 3 is 1.97 bits per heavy atom. The Bertz CT molecular complexity index is 1460. The van der Waals surface area contributed by atoms with Crippen LogP contribution in [0.5, 0.6) is 23.0 Å². The van der Waals surface area contributed by atoms with Gasteiger partial charge in [0.2, 0.25) is 0 Å². The van der Waals surface area contributed by atoms with Gasteiger partial charge in [-0.05, 0) is 48.0 Å². The fraction of sp³-hybridized carbons (Fsp3) is 0.129. The van der Waals surface area contributed by atoms with Crippen molar-refractivity contribution in [1.82, 2.24) is 9.55 Å². The quantitative estimate of drug-likeness (QED) is 0.226. The molecule has 5 rings (SSSR count). The summed E-state index contributed by atoms with van der Waals surface area (Å²) in [6.07, 6.45) is 1.83. The number of nitrogens with zero attached hydrogens (tertiary/aromatic N) is 2. The van der Waals surface area contributed by atoms with Gasteiger partial charge in [-0.25, -0.2) is 4.98 Å². The van der Waals surface area contributed by atoms with E-state index in [0.717, 1.165) is 33.8 Å². The van der Waals surface area contributed by atoms with E-state index in [2.05, 4.69) is 16.7 Å². The molecule has 0 spiro atoms. The SMILES string of the molecule is COc1cc(OC)cc(-c2ncn(-c3ccccc3)c2-c2ccc(OC)c(OCc3ccccc3)c2)c1. The van der Waals surface area contributed by atoms with E-state index in [1.54, 1.807) is 21.3 Å². The molecule has 0 radical (unpaired) electrons. The van der Waals surface area contributed by atoms with Gasteiger partial charge in [0, 0.05) is 22.9 Å². The molecule has 0 saturated carbocycles. The summed E-state index contributed by atoms with van der Waals surface area (Å²) in [4.78, 5) is 4.84. The molecule has 186 valence electrons. The van der Waals surface area contributed by atoms with Gasteiger partial charge in [-0.15, -0.1) is 0 Å². The number of rotatable bonds is 9. The molecule has 0 aliphatic heterocycles. The molecule has 1 heterocycles. The third-order valence-electron chi connectivity index (χ3n) is 6.10. The molecule has 0 unspecified atom stereocenters. The second-order valence-corrected chi connectivity index (χ2v) is 8.39. The predicted octanol–water partition coefficient (Wildman–Crippen LogP) is 6.81. The summed E-state index contributed by atoms with van der Waals surface area (Å²) >= 11 is 0. The van der Waals surface area contributed by atoms with Crippen molar-refractivity contribution in [2.75, 3.05) is 21.3 Å². The first kappa shape index (κ1) is 24.0. The van der Waals surface area contributed by atoms with Crippen molar-refractivity contribution < 1.29 is 18.9 Å². The largest absolute Gasteiger partial charge is 0.497 e. The summed E-state index contributed by atoms with van der Waals surface area (Å²) in [5, 5.41) is 0. The van der Waals surface area contributed by atoms with Crippen LogP contribution < -0.4 is 18.9 Å². The van der Waals surface area contributed by atoms with Crippen LogP contribution in [0.3, 0.4) is 0 Å². The predicted molar refractivity (Wildman–Crippen MR) is 145 cm³/mol. The van der Waals surface area contributed by atoms with E-state index in [9.17, 15) is 0 Å². The average molecular weight is 493 g/mol. The molecule has 37 heavy (non-hydrogen) atoms. The van der Waals surface area contributed by atoms with Crippen LogP contribution in [0, 0.1) is 0 Å². The van der Waals surface area contributed by atoms with Crippen LogP contribution in [-0.2, 0) is 6.61 Å². The fourth-order valence-corrected chi connectivity index (χ4v) is 4.24. The number of hydrogen-bond acceptors (Lipinski definition) is 5. The van der Waals surface area contributed by atoms with Crippen LogP contribution in [0.4, 0.5) is 0 Å². The number of benzene rings is 4. The summed E-state index contributed by atoms with van der Waals surface area (Å²) in [5.74, 6) is 2.70. The standard InChI is InChI=1S/C31H28N2O4/c1-34-26-16-24(17-27(19-26)35-2)30-31(33(21-32-30)25-12-8-5-9-13-25)23-14-15-28(36-3)29(18-23)37-20-22-10-6-4-7-11-22/h4-19,21H,20H2,1-3H3. The molecule has 5 aromatic rings. The molecule has 0 aliphatic rings. The monoisotopic (exact) mass is 492 g/mol. The molecule has 0 saturated heterocycles. The normalized spacial score (nSPS) is 10.7. The van der Waals surface area contributed by atoms with Gasteiger partial charge in [-0.2, -0.15) is 0 Å². The summed E-state index contributed by atoms with van der Waals surface area (Å²) in [5.41, 5.74) is 5.58. The van der Waals surface area contributed by atoms with Crippen molar-refractivity contribution in [3.8, 4) is 51.2 Å². The van der Waals surface area contributed by atoms with Crippen LogP contribution in [0.15, 0.2) is 103 Å². The van der Waals surface area contributed by atoms with Crippen LogP contribution in [0.25, 0.3) is 28.2 Å². The number of hydrogen-bond donors (Lipinski definition) is 0. The molecule has 0 amide bonds. The first-order valence-corrected chi connectivity index (χ1v) is 11.9. The van der Waals surface area contributed by atoms with Gasteiger partial charge in [0.25, 0.3) is 0 Å². The Labute approximate surface area is 216 Å². The Balaban J connectivity index is 1.65. The highest BCUT2D eigenvalue weighted by Crippen LogP contribution is 2.40. The van der Waals surface area contributed by atoms with E-state index in [-0.39, 0.29) is 0 Å². The molecular formula is C31H28N2O4. The van der Waals surface area contributed by atoms with Crippen LogP contribution in [0.1, 0.15) is 5.56 Å². The minimum atomic E-state index is 0.429. The van der Waals surface area contributed by atoms with Crippen molar-refractivity contribution in [1.29, 1.82) is 0 Å². The fourth-order valence-electron chi connectivity index (χ4n) is 4.24. The van der Waals surface area contributed by atoms with Crippen LogP contribution in [0.2, 0.25) is 0 Å². The molecule has 1 aromatic heterocycles. The molecule has 6 heteroatoms. The Hall–Kier alpha value is -4.71. The number of ether oxygens (including phenoxy) is 4. The highest BCUT2D eigenvalue weighted by Gasteiger charge is 2.19. The smallest absolute Gasteiger partial charge is 0.162 e. The van der Waals surface area contributed by atoms with Gasteiger partial charge in [0.15, 0.2) is 11.5 Å². The van der Waals surface area contributed by atoms with E-state index in [1.165, 1.54) is 0 Å². The zero-order valence-electron chi connectivity index (χ0n) is 21.0. The molecule has 0 N–H and O–H groups in total. The number of para-hydroxylation sites is 1. The third-order valence-corrected chi connectivity index (χ3v) is 6.10. The minimum Gasteiger partial charge on any atom is -0.497 e. The van der Waals surface area contributed by atoms with Gasteiger partial charge in [0.05, 0.1) is 32.7 Å². The van der Waals surface area contributed by atoms with Gasteiger partial charge < -0.3 is 18.9 Å². The first-order chi connectivity index (χ1) is 18.2. The van der Waals surface area contributed by atoms with E-state index in [0.29, 0.717) is 29.6 Å². The summed E-state index contributed by atoms with van der Waals surface area (Å²) in [6, 6.07) is 31.9. The van der Waals surface area contributed by atoms with Gasteiger partial charge in [-0.1, -0.05) is 48.5 Å². The number of methoxy groups -OCH3 is 3. The van der Waals surface area contributed by atoms with Crippen LogP contribution >= 0.6 is 0 Å². The van der Waals surface area contributed by atoms with Gasteiger partial charge in [-0.3, -0.25) is 4.57 Å². The highest BCUT2D eigenvalue weighted by atomic mass is 16.5. The van der Waals surface area contributed by atoms with Crippen molar-refractivity contribution in [3.63, 3.8) is 0 Å². The lowest BCUT2D eigenvalue weighted by Crippen LogP contribution is -2.00. The molecular weight excluding hydrogens is 464 g/mol. The van der Waals surface area contributed by atoms with Crippen molar-refractivity contribution in [2.24, 2.45) is 0 Å². The van der Waals surface area contributed by atoms with Crippen molar-refractivity contribution >= 4 is 0 Å². The maximum atomic E-state index is 6.22. The number of imidazole rings is 1. The summed E-state index contributed by atoms with van der Waals surface area (Å²) < 4.78 is 25.0. The molecule has 0 atom stereocenters. The zero-order chi connectivity index (χ0) is 25.6. The van der Waals surface area contributed by atoms with E-state index in [4.69, 9.17) is 23.9 Å². The lowest BCUT2D eigenvalue weighted by Gasteiger charge is -2.15. The Kier molecular flexibility index (Phi) is 7.08. The summed E-state index contributed by atoms with van der Waals surface area (Å²) in [6.45, 7) is 0.429. The minimum absolute atomic E-state index is 0.429. The lowest BCUT2D eigenvalue weighted by atomic mass is 10.0. The molecule has 0 aliphatic carbocycles. The maximum absolute atomic E-state index is 6.22. The number of aromatic nitrogens is 2. The second-order valence-electron chi connectivity index (χ2n) is 8.39. The molecule has 6 nitrogen and oxygen atoms in total. The summed E-state index contributed by atoms with van der Waals surface area (Å²) in [7, 11) is 4.93. The molecule has 0 fully saturated rings. The van der Waals surface area contributed by atoms with E-state index < -0.39 is 0 Å². The third kappa shape index (κ3) is 5.14. The van der Waals surface area contributed by atoms with Crippen LogP contribution in [-0.4, -0.2) is 30.9 Å². The van der Waals surface area contributed by atoms with Crippen molar-refractivity contribution in [3.05, 3.63) is 109 Å².